The smallest absolute Gasteiger partial charge is 0.0992 e. The van der Waals surface area contributed by atoms with Crippen LogP contribution in [0.4, 0.5) is 17.1 Å². The van der Waals surface area contributed by atoms with Gasteiger partial charge in [0.05, 0.1) is 61.8 Å². The molecule has 0 bridgehead atoms. The van der Waals surface area contributed by atoms with Crippen LogP contribution in [0.5, 0.6) is 0 Å². The molecule has 11 aromatic rings. The van der Waals surface area contributed by atoms with Gasteiger partial charge in [-0.05, 0) is 64.0 Å². The van der Waals surface area contributed by atoms with Crippen LogP contribution in [0.3, 0.4) is 0 Å². The van der Waals surface area contributed by atoms with Crippen molar-refractivity contribution in [3.63, 3.8) is 0 Å². The fraction of sp³-hybridized carbons (Fsp3) is 0. The van der Waals surface area contributed by atoms with Crippen molar-refractivity contribution in [1.82, 2.24) is 14.5 Å². The molecule has 0 radical (unpaired) electrons. The molecule has 0 fully saturated rings. The molecule has 3 heterocycles. The zero-order chi connectivity index (χ0) is 34.1. The lowest BCUT2D eigenvalue weighted by Crippen LogP contribution is -2.18. The van der Waals surface area contributed by atoms with Crippen molar-refractivity contribution in [1.29, 1.82) is 5.26 Å². The Balaban J connectivity index is 1.19. The Morgan fingerprint density at radius 1 is 0.404 bits per heavy atom. The summed E-state index contributed by atoms with van der Waals surface area (Å²) < 4.78 is 2.32. The molecule has 0 unspecified atom stereocenters. The fourth-order valence-electron chi connectivity index (χ4n) is 8.86. The van der Waals surface area contributed by atoms with Gasteiger partial charge in [-0.2, -0.15) is 5.26 Å². The Hall–Kier alpha value is -7.29. The minimum Gasteiger partial charge on any atom is -0.306 e. The van der Waals surface area contributed by atoms with E-state index in [0.29, 0.717) is 5.56 Å². The zero-order valence-corrected chi connectivity index (χ0v) is 27.7. The quantitative estimate of drug-likeness (QED) is 0.130. The van der Waals surface area contributed by atoms with Crippen molar-refractivity contribution < 1.29 is 0 Å². The predicted octanol–water partition coefficient (Wildman–Crippen LogP) is 12.1. The summed E-state index contributed by atoms with van der Waals surface area (Å²) in [5.74, 6) is 0. The zero-order valence-electron chi connectivity index (χ0n) is 27.7. The number of anilines is 3. The first kappa shape index (κ1) is 27.5. The molecule has 1 aliphatic rings. The summed E-state index contributed by atoms with van der Waals surface area (Å²) in [5, 5.41) is 21.3. The van der Waals surface area contributed by atoms with Crippen LogP contribution in [-0.2, 0) is 0 Å². The number of aromatic nitrogens is 3. The SMILES string of the molecule is N#Cc1ccc2c(c1)-n1c3ccccc3c3cccc(c31)N2c1ccc2c(c1)c1ccccc1c1nc3c4ccccc4c4ccccc4c3nc21. The van der Waals surface area contributed by atoms with Gasteiger partial charge in [0.25, 0.3) is 0 Å². The lowest BCUT2D eigenvalue weighted by Gasteiger charge is -2.33. The van der Waals surface area contributed by atoms with Crippen LogP contribution in [0.25, 0.3) is 92.6 Å². The molecular formula is C47H25N5. The lowest BCUT2D eigenvalue weighted by molar-refractivity contribution is 1.11. The van der Waals surface area contributed by atoms with Crippen LogP contribution in [0.1, 0.15) is 5.56 Å². The molecule has 0 N–H and O–H groups in total. The number of hydrogen-bond donors (Lipinski definition) is 0. The van der Waals surface area contributed by atoms with Gasteiger partial charge in [0.15, 0.2) is 0 Å². The summed E-state index contributed by atoms with van der Waals surface area (Å²) in [6.45, 7) is 0. The number of benzene rings is 9. The van der Waals surface area contributed by atoms with Crippen LogP contribution >= 0.6 is 0 Å². The van der Waals surface area contributed by atoms with Gasteiger partial charge >= 0.3 is 0 Å². The van der Waals surface area contributed by atoms with Gasteiger partial charge in [-0.25, -0.2) is 9.97 Å². The number of rotatable bonds is 1. The normalized spacial score (nSPS) is 12.6. The van der Waals surface area contributed by atoms with E-state index in [-0.39, 0.29) is 0 Å². The molecule has 5 nitrogen and oxygen atoms in total. The highest BCUT2D eigenvalue weighted by atomic mass is 15.2. The Morgan fingerprint density at radius 3 is 1.58 bits per heavy atom. The van der Waals surface area contributed by atoms with Gasteiger partial charge < -0.3 is 9.47 Å². The molecule has 5 heteroatoms. The third-order valence-corrected chi connectivity index (χ3v) is 11.0. The Morgan fingerprint density at radius 2 is 0.942 bits per heavy atom. The van der Waals surface area contributed by atoms with Gasteiger partial charge in [0.2, 0.25) is 0 Å². The van der Waals surface area contributed by atoms with Crippen molar-refractivity contribution >= 4 is 104 Å². The van der Waals surface area contributed by atoms with E-state index in [1.165, 1.54) is 21.5 Å². The highest BCUT2D eigenvalue weighted by molar-refractivity contribution is 6.29. The Kier molecular flexibility index (Phi) is 5.24. The molecule has 0 saturated heterocycles. The summed E-state index contributed by atoms with van der Waals surface area (Å²) >= 11 is 0. The number of fused-ring (bicyclic) bond motifs is 17. The minimum atomic E-state index is 0.631. The average molecular weight is 660 g/mol. The van der Waals surface area contributed by atoms with Gasteiger partial charge in [-0.15, -0.1) is 0 Å². The first-order chi connectivity index (χ1) is 25.8. The minimum absolute atomic E-state index is 0.631. The molecular weight excluding hydrogens is 635 g/mol. The summed E-state index contributed by atoms with van der Waals surface area (Å²) in [7, 11) is 0. The van der Waals surface area contributed by atoms with Crippen molar-refractivity contribution in [3.05, 3.63) is 157 Å². The standard InChI is InChI=1S/C47H25N5/c48-26-27-20-23-40-42(24-27)52-39-18-8-7-13-32(39)37-17-9-19-41(47(37)52)51(40)28-21-22-36-38(25-28)31-12-3-6-16-35(31)45-46(36)50-44-34-15-5-2-11-30(34)29-10-1-4-14-33(29)43(44)49-45/h1-25H. The fourth-order valence-corrected chi connectivity index (χ4v) is 8.86. The maximum atomic E-state index is 9.97. The number of hydrogen-bond acceptors (Lipinski definition) is 4. The van der Waals surface area contributed by atoms with Gasteiger partial charge in [-0.1, -0.05) is 109 Å². The third kappa shape index (κ3) is 3.45. The maximum Gasteiger partial charge on any atom is 0.0992 e. The Labute approximate surface area is 296 Å². The number of para-hydroxylation sites is 2. The Bertz CT molecular complexity index is 3440. The highest BCUT2D eigenvalue weighted by Crippen LogP contribution is 2.50. The second kappa shape index (κ2) is 9.91. The van der Waals surface area contributed by atoms with E-state index in [1.807, 2.05) is 12.1 Å². The summed E-state index contributed by atoms with van der Waals surface area (Å²) in [6, 6.07) is 55.8. The third-order valence-electron chi connectivity index (χ3n) is 11.0. The number of nitriles is 1. The molecule has 0 saturated carbocycles. The molecule has 0 aliphatic carbocycles. The molecule has 12 rings (SSSR count). The van der Waals surface area contributed by atoms with E-state index in [4.69, 9.17) is 9.97 Å². The molecule has 0 atom stereocenters. The summed E-state index contributed by atoms with van der Waals surface area (Å²) in [6.07, 6.45) is 0. The molecule has 238 valence electrons. The number of nitrogens with zero attached hydrogens (tertiary/aromatic N) is 5. The van der Waals surface area contributed by atoms with E-state index >= 15 is 0 Å². The maximum absolute atomic E-state index is 9.97. The van der Waals surface area contributed by atoms with Crippen LogP contribution in [0, 0.1) is 11.3 Å². The second-order valence-corrected chi connectivity index (χ2v) is 13.7. The first-order valence-electron chi connectivity index (χ1n) is 17.5. The van der Waals surface area contributed by atoms with Crippen LogP contribution in [0.15, 0.2) is 152 Å². The molecule has 52 heavy (non-hydrogen) atoms. The predicted molar refractivity (Wildman–Crippen MR) is 214 cm³/mol. The van der Waals surface area contributed by atoms with E-state index < -0.39 is 0 Å². The first-order valence-corrected chi connectivity index (χ1v) is 17.5. The lowest BCUT2D eigenvalue weighted by atomic mass is 9.96. The summed E-state index contributed by atoms with van der Waals surface area (Å²) in [4.78, 5) is 13.3. The van der Waals surface area contributed by atoms with Crippen LogP contribution in [0.2, 0.25) is 0 Å². The van der Waals surface area contributed by atoms with E-state index in [0.717, 1.165) is 88.2 Å². The van der Waals surface area contributed by atoms with E-state index in [2.05, 4.69) is 155 Å². The van der Waals surface area contributed by atoms with Gasteiger partial charge in [-0.3, -0.25) is 0 Å². The highest BCUT2D eigenvalue weighted by Gasteiger charge is 2.29. The van der Waals surface area contributed by atoms with Crippen molar-refractivity contribution in [2.75, 3.05) is 4.90 Å². The molecule has 0 amide bonds. The molecule has 1 aliphatic heterocycles. The largest absolute Gasteiger partial charge is 0.306 e. The van der Waals surface area contributed by atoms with Crippen LogP contribution in [-0.4, -0.2) is 14.5 Å². The van der Waals surface area contributed by atoms with Gasteiger partial charge in [0.1, 0.15) is 0 Å². The average Bonchev–Trinajstić information content (AvgIpc) is 3.56. The second-order valence-electron chi connectivity index (χ2n) is 13.7. The molecule has 2 aromatic heterocycles. The van der Waals surface area contributed by atoms with E-state index in [9.17, 15) is 5.26 Å². The van der Waals surface area contributed by atoms with Crippen molar-refractivity contribution in [2.24, 2.45) is 0 Å². The van der Waals surface area contributed by atoms with Crippen molar-refractivity contribution in [3.8, 4) is 11.8 Å². The van der Waals surface area contributed by atoms with Crippen LogP contribution < -0.4 is 4.90 Å². The molecule has 0 spiro atoms. The monoisotopic (exact) mass is 659 g/mol. The van der Waals surface area contributed by atoms with E-state index in [1.54, 1.807) is 0 Å². The molecule has 9 aromatic carbocycles. The topological polar surface area (TPSA) is 57.7 Å². The van der Waals surface area contributed by atoms with Crippen molar-refractivity contribution in [2.45, 2.75) is 0 Å². The van der Waals surface area contributed by atoms with Gasteiger partial charge in [0, 0.05) is 38.0 Å². The summed E-state index contributed by atoms with van der Waals surface area (Å²) in [5.41, 5.74) is 10.7.